The third-order valence-electron chi connectivity index (χ3n) is 5.59. The van der Waals surface area contributed by atoms with Crippen LogP contribution in [0.2, 0.25) is 0 Å². The van der Waals surface area contributed by atoms with E-state index in [2.05, 4.69) is 19.9 Å². The zero-order valence-corrected chi connectivity index (χ0v) is 15.9. The van der Waals surface area contributed by atoms with Gasteiger partial charge in [-0.15, -0.1) is 0 Å². The van der Waals surface area contributed by atoms with E-state index in [0.29, 0.717) is 11.6 Å². The summed E-state index contributed by atoms with van der Waals surface area (Å²) in [5.74, 6) is 0.608. The molecule has 0 saturated heterocycles. The van der Waals surface area contributed by atoms with Crippen molar-refractivity contribution in [2.45, 2.75) is 12.2 Å². The van der Waals surface area contributed by atoms with Crippen LogP contribution >= 0.6 is 0 Å². The van der Waals surface area contributed by atoms with Crippen LogP contribution in [0, 0.1) is 0 Å². The summed E-state index contributed by atoms with van der Waals surface area (Å²) in [5, 5.41) is 25.9. The zero-order chi connectivity index (χ0) is 20.2. The van der Waals surface area contributed by atoms with Crippen molar-refractivity contribution >= 4 is 43.6 Å². The summed E-state index contributed by atoms with van der Waals surface area (Å²) in [5.41, 5.74) is 3.10. The van der Waals surface area contributed by atoms with Crippen molar-refractivity contribution in [3.63, 3.8) is 0 Å². The van der Waals surface area contributed by atoms with Crippen LogP contribution in [0.5, 0.6) is 0 Å². The first-order valence-corrected chi connectivity index (χ1v) is 9.79. The lowest BCUT2D eigenvalue weighted by molar-refractivity contribution is 0.00780. The van der Waals surface area contributed by atoms with Gasteiger partial charge in [-0.3, -0.25) is 0 Å². The number of hydrogen-bond acceptors (Lipinski definition) is 4. The molecular formula is C24H18N4O2. The Kier molecular flexibility index (Phi) is 3.65. The number of benzene rings is 4. The van der Waals surface area contributed by atoms with Gasteiger partial charge in [0.05, 0.1) is 22.1 Å². The first-order chi connectivity index (χ1) is 14.7. The quantitative estimate of drug-likeness (QED) is 0.355. The fourth-order valence-electron chi connectivity index (χ4n) is 4.01. The molecule has 0 saturated carbocycles. The summed E-state index contributed by atoms with van der Waals surface area (Å²) in [6.45, 7) is 0. The Balaban J connectivity index is 1.39. The molecule has 0 bridgehead atoms. The number of aliphatic hydroxyl groups excluding tert-OH is 2. The maximum atomic E-state index is 10.8. The molecule has 4 aromatic carbocycles. The molecule has 0 aliphatic heterocycles. The number of aromatic amines is 2. The first kappa shape index (κ1) is 17.1. The monoisotopic (exact) mass is 394 g/mol. The van der Waals surface area contributed by atoms with Gasteiger partial charge >= 0.3 is 0 Å². The lowest BCUT2D eigenvalue weighted by atomic mass is 10.1. The topological polar surface area (TPSA) is 97.8 Å². The van der Waals surface area contributed by atoms with Crippen LogP contribution in [0.4, 0.5) is 0 Å². The average Bonchev–Trinajstić information content (AvgIpc) is 3.38. The van der Waals surface area contributed by atoms with E-state index in [1.807, 2.05) is 72.8 Å². The molecule has 6 aromatic rings. The van der Waals surface area contributed by atoms with Crippen LogP contribution in [0.15, 0.2) is 72.8 Å². The van der Waals surface area contributed by atoms with Gasteiger partial charge in [0.25, 0.3) is 0 Å². The standard InChI is InChI=1S/C24H18N4O2/c29-21(23-25-17-9-13-5-1-2-6-14(13)10-18(17)26-23)22(30)24-27-19-11-15-7-3-4-8-16(15)12-20(19)28-24/h1-12,21-22,29-30H,(H,25,26)(H,27,28)/t21-,22+. The van der Waals surface area contributed by atoms with Crippen molar-refractivity contribution in [3.8, 4) is 0 Å². The largest absolute Gasteiger partial charge is 0.382 e. The van der Waals surface area contributed by atoms with Crippen molar-refractivity contribution in [2.75, 3.05) is 0 Å². The average molecular weight is 394 g/mol. The van der Waals surface area contributed by atoms with E-state index in [4.69, 9.17) is 0 Å². The molecule has 0 fully saturated rings. The van der Waals surface area contributed by atoms with Gasteiger partial charge in [0.15, 0.2) is 0 Å². The van der Waals surface area contributed by atoms with Gasteiger partial charge in [0.2, 0.25) is 0 Å². The van der Waals surface area contributed by atoms with Crippen molar-refractivity contribution < 1.29 is 10.2 Å². The number of H-pyrrole nitrogens is 2. The molecule has 0 aliphatic rings. The summed E-state index contributed by atoms with van der Waals surface area (Å²) in [6.07, 6.45) is -2.48. The maximum Gasteiger partial charge on any atom is 0.145 e. The lowest BCUT2D eigenvalue weighted by Gasteiger charge is -2.13. The SMILES string of the molecule is O[C@H](c1nc2cc3ccccc3cc2[nH]1)[C@@H](O)c1nc2cc3ccccc3cc2[nH]1. The zero-order valence-electron chi connectivity index (χ0n) is 15.9. The van der Waals surface area contributed by atoms with Crippen molar-refractivity contribution in [2.24, 2.45) is 0 Å². The number of nitrogens with zero attached hydrogens (tertiary/aromatic N) is 2. The third kappa shape index (κ3) is 2.66. The molecule has 0 radical (unpaired) electrons. The Hall–Kier alpha value is -3.74. The fraction of sp³-hybridized carbons (Fsp3) is 0.0833. The molecule has 4 N–H and O–H groups in total. The van der Waals surface area contributed by atoms with Gasteiger partial charge in [0, 0.05) is 0 Å². The van der Waals surface area contributed by atoms with Crippen LogP contribution in [0.25, 0.3) is 43.6 Å². The first-order valence-electron chi connectivity index (χ1n) is 9.79. The summed E-state index contributed by atoms with van der Waals surface area (Å²) < 4.78 is 0. The van der Waals surface area contributed by atoms with Gasteiger partial charge < -0.3 is 20.2 Å². The van der Waals surface area contributed by atoms with Crippen molar-refractivity contribution in [1.29, 1.82) is 0 Å². The molecule has 30 heavy (non-hydrogen) atoms. The minimum absolute atomic E-state index is 0.304. The number of nitrogens with one attached hydrogen (secondary N) is 2. The minimum Gasteiger partial charge on any atom is -0.382 e. The normalized spacial score (nSPS) is 14.1. The highest BCUT2D eigenvalue weighted by atomic mass is 16.3. The van der Waals surface area contributed by atoms with Crippen LogP contribution in [0.3, 0.4) is 0 Å². The van der Waals surface area contributed by atoms with E-state index in [0.717, 1.165) is 43.6 Å². The van der Waals surface area contributed by atoms with Crippen LogP contribution in [0.1, 0.15) is 23.9 Å². The number of rotatable bonds is 3. The van der Waals surface area contributed by atoms with Gasteiger partial charge in [0.1, 0.15) is 23.9 Å². The van der Waals surface area contributed by atoms with E-state index >= 15 is 0 Å². The van der Waals surface area contributed by atoms with Crippen molar-refractivity contribution in [1.82, 2.24) is 19.9 Å². The summed E-state index contributed by atoms with van der Waals surface area (Å²) >= 11 is 0. The van der Waals surface area contributed by atoms with Gasteiger partial charge in [-0.1, -0.05) is 48.5 Å². The molecular weight excluding hydrogens is 376 g/mol. The molecule has 2 heterocycles. The van der Waals surface area contributed by atoms with Crippen molar-refractivity contribution in [3.05, 3.63) is 84.4 Å². The van der Waals surface area contributed by atoms with Gasteiger partial charge in [-0.2, -0.15) is 0 Å². The molecule has 2 aromatic heterocycles. The number of aliphatic hydroxyl groups is 2. The molecule has 6 heteroatoms. The second-order valence-electron chi connectivity index (χ2n) is 7.57. The van der Waals surface area contributed by atoms with Crippen LogP contribution in [-0.4, -0.2) is 30.1 Å². The highest BCUT2D eigenvalue weighted by Gasteiger charge is 2.26. The number of aromatic nitrogens is 4. The van der Waals surface area contributed by atoms with E-state index < -0.39 is 12.2 Å². The van der Waals surface area contributed by atoms with E-state index in [9.17, 15) is 10.2 Å². The smallest absolute Gasteiger partial charge is 0.145 e. The number of fused-ring (bicyclic) bond motifs is 4. The number of imidazole rings is 2. The highest BCUT2D eigenvalue weighted by molar-refractivity contribution is 5.96. The minimum atomic E-state index is -1.24. The predicted molar refractivity (Wildman–Crippen MR) is 117 cm³/mol. The molecule has 6 rings (SSSR count). The summed E-state index contributed by atoms with van der Waals surface area (Å²) in [6, 6.07) is 23.9. The molecule has 6 nitrogen and oxygen atoms in total. The summed E-state index contributed by atoms with van der Waals surface area (Å²) in [4.78, 5) is 15.3. The van der Waals surface area contributed by atoms with Gasteiger partial charge in [-0.25, -0.2) is 9.97 Å². The summed E-state index contributed by atoms with van der Waals surface area (Å²) in [7, 11) is 0. The van der Waals surface area contributed by atoms with E-state index in [-0.39, 0.29) is 0 Å². The Morgan fingerprint density at radius 3 is 1.33 bits per heavy atom. The van der Waals surface area contributed by atoms with Crippen LogP contribution < -0.4 is 0 Å². The highest BCUT2D eigenvalue weighted by Crippen LogP contribution is 2.30. The molecule has 0 unspecified atom stereocenters. The Morgan fingerprint density at radius 1 is 0.567 bits per heavy atom. The third-order valence-corrected chi connectivity index (χ3v) is 5.59. The van der Waals surface area contributed by atoms with E-state index in [1.54, 1.807) is 0 Å². The Morgan fingerprint density at radius 2 is 0.933 bits per heavy atom. The number of hydrogen-bond donors (Lipinski definition) is 4. The van der Waals surface area contributed by atoms with E-state index in [1.165, 1.54) is 0 Å². The maximum absolute atomic E-state index is 10.8. The Bertz CT molecular complexity index is 1330. The second kappa shape index (κ2) is 6.38. The molecule has 0 spiro atoms. The molecule has 0 amide bonds. The molecule has 0 aliphatic carbocycles. The van der Waals surface area contributed by atoms with Crippen LogP contribution in [-0.2, 0) is 0 Å². The Labute approximate surface area is 170 Å². The second-order valence-corrected chi connectivity index (χ2v) is 7.57. The predicted octanol–water partition coefficient (Wildman–Crippen LogP) is 4.51. The lowest BCUT2D eigenvalue weighted by Crippen LogP contribution is -2.13. The van der Waals surface area contributed by atoms with Gasteiger partial charge in [-0.05, 0) is 45.8 Å². The fourth-order valence-corrected chi connectivity index (χ4v) is 4.01. The molecule has 146 valence electrons. The molecule has 2 atom stereocenters.